The zero-order valence-electron chi connectivity index (χ0n) is 12.9. The van der Waals surface area contributed by atoms with Gasteiger partial charge >= 0.3 is 0 Å². The van der Waals surface area contributed by atoms with Crippen molar-refractivity contribution in [2.45, 2.75) is 39.7 Å². The highest BCUT2D eigenvalue weighted by Gasteiger charge is 2.09. The molecule has 0 radical (unpaired) electrons. The number of hydrogen-bond acceptors (Lipinski definition) is 2. The number of nitrogens with one attached hydrogen (secondary N) is 1. The summed E-state index contributed by atoms with van der Waals surface area (Å²) >= 11 is 0. The van der Waals surface area contributed by atoms with E-state index in [2.05, 4.69) is 68.3 Å². The fourth-order valence-corrected chi connectivity index (χ4v) is 2.12. The van der Waals surface area contributed by atoms with Gasteiger partial charge in [-0.2, -0.15) is 0 Å². The lowest BCUT2D eigenvalue weighted by molar-refractivity contribution is 0.443. The summed E-state index contributed by atoms with van der Waals surface area (Å²) in [5.74, 6) is 0. The molecular formula is C18H24N2. The molecule has 0 amide bonds. The van der Waals surface area contributed by atoms with Gasteiger partial charge in [0.2, 0.25) is 0 Å². The average molecular weight is 268 g/mol. The number of nitrogens with zero attached hydrogens (tertiary/aromatic N) is 1. The molecular weight excluding hydrogens is 244 g/mol. The van der Waals surface area contributed by atoms with Crippen LogP contribution in [0.25, 0.3) is 17.0 Å². The smallest absolute Gasteiger partial charge is 0.0707 e. The summed E-state index contributed by atoms with van der Waals surface area (Å²) < 4.78 is 0. The maximum absolute atomic E-state index is 4.42. The molecule has 0 saturated heterocycles. The standard InChI is InChI=1S/C18H24N2/c1-5-14(13-20-18(2,3)4)12-15-10-11-19-17-9-7-6-8-16(15)17/h6-12,20H,5,13H2,1-4H3. The van der Waals surface area contributed by atoms with Crippen LogP contribution in [0.1, 0.15) is 39.7 Å². The van der Waals surface area contributed by atoms with Crippen molar-refractivity contribution < 1.29 is 0 Å². The molecule has 2 heteroatoms. The molecule has 1 heterocycles. The Bertz CT molecular complexity index is 601. The van der Waals surface area contributed by atoms with Gasteiger partial charge in [-0.3, -0.25) is 4.98 Å². The molecule has 0 unspecified atom stereocenters. The van der Waals surface area contributed by atoms with Crippen LogP contribution >= 0.6 is 0 Å². The maximum Gasteiger partial charge on any atom is 0.0707 e. The molecule has 0 atom stereocenters. The van der Waals surface area contributed by atoms with Gasteiger partial charge in [0.05, 0.1) is 5.52 Å². The first-order valence-electron chi connectivity index (χ1n) is 7.28. The quantitative estimate of drug-likeness (QED) is 0.888. The molecule has 0 fully saturated rings. The normalized spacial score (nSPS) is 12.9. The van der Waals surface area contributed by atoms with Gasteiger partial charge in [-0.1, -0.05) is 36.8 Å². The van der Waals surface area contributed by atoms with E-state index in [1.807, 2.05) is 12.3 Å². The van der Waals surface area contributed by atoms with Crippen molar-refractivity contribution in [1.29, 1.82) is 0 Å². The van der Waals surface area contributed by atoms with E-state index in [0.29, 0.717) is 0 Å². The Morgan fingerprint density at radius 1 is 1.20 bits per heavy atom. The van der Waals surface area contributed by atoms with Gasteiger partial charge in [0, 0.05) is 23.7 Å². The number of hydrogen-bond donors (Lipinski definition) is 1. The van der Waals surface area contributed by atoms with Gasteiger partial charge in [-0.15, -0.1) is 0 Å². The molecule has 2 aromatic rings. The molecule has 0 aliphatic carbocycles. The molecule has 2 nitrogen and oxygen atoms in total. The summed E-state index contributed by atoms with van der Waals surface area (Å²) in [6.07, 6.45) is 5.24. The molecule has 0 spiro atoms. The lowest BCUT2D eigenvalue weighted by Crippen LogP contribution is -2.36. The Morgan fingerprint density at radius 3 is 2.65 bits per heavy atom. The van der Waals surface area contributed by atoms with E-state index in [1.54, 1.807) is 0 Å². The van der Waals surface area contributed by atoms with E-state index in [-0.39, 0.29) is 5.54 Å². The highest BCUT2D eigenvalue weighted by Crippen LogP contribution is 2.19. The Balaban J connectivity index is 2.30. The van der Waals surface area contributed by atoms with E-state index in [1.165, 1.54) is 16.5 Å². The molecule has 0 aliphatic heterocycles. The molecule has 1 N–H and O–H groups in total. The van der Waals surface area contributed by atoms with E-state index in [0.717, 1.165) is 18.5 Å². The van der Waals surface area contributed by atoms with Crippen LogP contribution in [0.5, 0.6) is 0 Å². The Morgan fingerprint density at radius 2 is 1.95 bits per heavy atom. The molecule has 0 aliphatic rings. The molecule has 0 saturated carbocycles. The number of rotatable bonds is 4. The molecule has 0 bridgehead atoms. The van der Waals surface area contributed by atoms with Gasteiger partial charge in [-0.05, 0) is 44.9 Å². The summed E-state index contributed by atoms with van der Waals surface area (Å²) in [4.78, 5) is 4.42. The Kier molecular flexibility index (Phi) is 4.56. The van der Waals surface area contributed by atoms with Crippen LogP contribution in [0.2, 0.25) is 0 Å². The number of fused-ring (bicyclic) bond motifs is 1. The van der Waals surface area contributed by atoms with Crippen molar-refractivity contribution in [2.75, 3.05) is 6.54 Å². The number of para-hydroxylation sites is 1. The number of pyridine rings is 1. The topological polar surface area (TPSA) is 24.9 Å². The van der Waals surface area contributed by atoms with E-state index in [9.17, 15) is 0 Å². The van der Waals surface area contributed by atoms with Crippen LogP contribution in [-0.2, 0) is 0 Å². The van der Waals surface area contributed by atoms with Gasteiger partial charge in [0.25, 0.3) is 0 Å². The third-order valence-corrected chi connectivity index (χ3v) is 3.34. The summed E-state index contributed by atoms with van der Waals surface area (Å²) in [7, 11) is 0. The van der Waals surface area contributed by atoms with Crippen LogP contribution in [0.15, 0.2) is 42.1 Å². The summed E-state index contributed by atoms with van der Waals surface area (Å²) in [6.45, 7) is 9.72. The van der Waals surface area contributed by atoms with Crippen molar-refractivity contribution in [2.24, 2.45) is 0 Å². The predicted molar refractivity (Wildman–Crippen MR) is 87.8 cm³/mol. The third-order valence-electron chi connectivity index (χ3n) is 3.34. The van der Waals surface area contributed by atoms with Gasteiger partial charge in [0.1, 0.15) is 0 Å². The molecule has 1 aromatic carbocycles. The lowest BCUT2D eigenvalue weighted by Gasteiger charge is -2.21. The predicted octanol–water partition coefficient (Wildman–Crippen LogP) is 4.42. The van der Waals surface area contributed by atoms with Crippen LogP contribution in [0, 0.1) is 0 Å². The van der Waals surface area contributed by atoms with Gasteiger partial charge in [0.15, 0.2) is 0 Å². The first-order chi connectivity index (χ1) is 9.49. The Labute approximate surface area is 121 Å². The highest BCUT2D eigenvalue weighted by molar-refractivity contribution is 5.87. The summed E-state index contributed by atoms with van der Waals surface area (Å²) in [5, 5.41) is 4.78. The maximum atomic E-state index is 4.42. The van der Waals surface area contributed by atoms with Gasteiger partial charge < -0.3 is 5.32 Å². The minimum absolute atomic E-state index is 0.147. The minimum Gasteiger partial charge on any atom is -0.308 e. The fourth-order valence-electron chi connectivity index (χ4n) is 2.12. The minimum atomic E-state index is 0.147. The lowest BCUT2D eigenvalue weighted by atomic mass is 10.0. The monoisotopic (exact) mass is 268 g/mol. The van der Waals surface area contributed by atoms with Gasteiger partial charge in [-0.25, -0.2) is 0 Å². The molecule has 1 aromatic heterocycles. The van der Waals surface area contributed by atoms with Crippen LogP contribution in [0.4, 0.5) is 0 Å². The second kappa shape index (κ2) is 6.19. The van der Waals surface area contributed by atoms with E-state index in [4.69, 9.17) is 0 Å². The van der Waals surface area contributed by atoms with Crippen molar-refractivity contribution in [3.05, 3.63) is 47.7 Å². The molecule has 20 heavy (non-hydrogen) atoms. The first kappa shape index (κ1) is 14.7. The van der Waals surface area contributed by atoms with Crippen molar-refractivity contribution in [3.63, 3.8) is 0 Å². The number of benzene rings is 1. The van der Waals surface area contributed by atoms with E-state index < -0.39 is 0 Å². The third kappa shape index (κ3) is 3.91. The fraction of sp³-hybridized carbons (Fsp3) is 0.389. The summed E-state index contributed by atoms with van der Waals surface area (Å²) in [6, 6.07) is 10.4. The Hall–Kier alpha value is -1.67. The zero-order chi connectivity index (χ0) is 14.6. The zero-order valence-corrected chi connectivity index (χ0v) is 12.9. The van der Waals surface area contributed by atoms with E-state index >= 15 is 0 Å². The average Bonchev–Trinajstić information content (AvgIpc) is 2.42. The second-order valence-corrected chi connectivity index (χ2v) is 6.18. The largest absolute Gasteiger partial charge is 0.308 e. The SMILES string of the molecule is CCC(=Cc1ccnc2ccccc12)CNC(C)(C)C. The van der Waals surface area contributed by atoms with Crippen LogP contribution in [0.3, 0.4) is 0 Å². The van der Waals surface area contributed by atoms with Crippen molar-refractivity contribution in [1.82, 2.24) is 10.3 Å². The number of aromatic nitrogens is 1. The van der Waals surface area contributed by atoms with Crippen molar-refractivity contribution in [3.8, 4) is 0 Å². The van der Waals surface area contributed by atoms with Crippen LogP contribution in [-0.4, -0.2) is 17.1 Å². The molecule has 2 rings (SSSR count). The van der Waals surface area contributed by atoms with Crippen LogP contribution < -0.4 is 5.32 Å². The second-order valence-electron chi connectivity index (χ2n) is 6.18. The highest BCUT2D eigenvalue weighted by atomic mass is 14.9. The summed E-state index contributed by atoms with van der Waals surface area (Å²) in [5.41, 5.74) is 3.87. The van der Waals surface area contributed by atoms with Crippen molar-refractivity contribution >= 4 is 17.0 Å². The molecule has 106 valence electrons. The first-order valence-corrected chi connectivity index (χ1v) is 7.28.